The normalized spacial score (nSPS) is 14.7. The van der Waals surface area contributed by atoms with Crippen LogP contribution in [-0.2, 0) is 35.2 Å². The molecule has 1 saturated carbocycles. The van der Waals surface area contributed by atoms with Crippen LogP contribution in [0.4, 0.5) is 0 Å². The number of hydrogen-bond acceptors (Lipinski definition) is 11. The Morgan fingerprint density at radius 3 is 1.20 bits per heavy atom. The van der Waals surface area contributed by atoms with Gasteiger partial charge < -0.3 is 37.9 Å². The lowest BCUT2D eigenvalue weighted by atomic mass is 10.00. The summed E-state index contributed by atoms with van der Waals surface area (Å²) < 4.78 is 46.4. The van der Waals surface area contributed by atoms with Crippen molar-refractivity contribution < 1.29 is 37.9 Å². The van der Waals surface area contributed by atoms with Gasteiger partial charge in [0.25, 0.3) is 0 Å². The molecule has 0 aromatic heterocycles. The minimum absolute atomic E-state index is 0.386. The lowest BCUT2D eigenvalue weighted by Crippen LogP contribution is -2.01. The first-order valence-electron chi connectivity index (χ1n) is 17.8. The Labute approximate surface area is 334 Å². The smallest absolute Gasteiger partial charge is 0.123 e. The molecule has 0 N–H and O–H groups in total. The van der Waals surface area contributed by atoms with Crippen LogP contribution in [-0.4, -0.2) is 63.1 Å². The largest absolute Gasteiger partial charge is 0.496 e. The van der Waals surface area contributed by atoms with Gasteiger partial charge in [0, 0.05) is 62.1 Å². The van der Waals surface area contributed by atoms with E-state index in [9.17, 15) is 0 Å². The predicted octanol–water partition coefficient (Wildman–Crippen LogP) is 10.1. The van der Waals surface area contributed by atoms with E-state index in [1.165, 1.54) is 11.1 Å². The number of rotatable bonds is 21. The van der Waals surface area contributed by atoms with E-state index in [1.54, 1.807) is 92.2 Å². The zero-order valence-electron chi connectivity index (χ0n) is 33.2. The molecule has 5 rings (SSSR count). The fourth-order valence-electron chi connectivity index (χ4n) is 6.99. The van der Waals surface area contributed by atoms with Crippen LogP contribution in [0.25, 0.3) is 0 Å². The van der Waals surface area contributed by atoms with Gasteiger partial charge in [-0.25, -0.2) is 0 Å². The lowest BCUT2D eigenvalue weighted by molar-refractivity contribution is 0.393. The second-order valence-electron chi connectivity index (χ2n) is 13.2. The minimum Gasteiger partial charge on any atom is -0.496 e. The van der Waals surface area contributed by atoms with Crippen LogP contribution < -0.4 is 37.9 Å². The Morgan fingerprint density at radius 2 is 0.796 bits per heavy atom. The highest BCUT2D eigenvalue weighted by molar-refractivity contribution is 7.98. The van der Waals surface area contributed by atoms with Crippen molar-refractivity contribution in [3.05, 3.63) is 93.0 Å². The van der Waals surface area contributed by atoms with Crippen LogP contribution in [0.15, 0.2) is 48.5 Å². The molecule has 0 saturated heterocycles. The first-order valence-corrected chi connectivity index (χ1v) is 21.5. The van der Waals surface area contributed by atoms with Gasteiger partial charge in [-0.3, -0.25) is 0 Å². The number of ether oxygens (including phenoxy) is 8. The Bertz CT molecular complexity index is 1880. The van der Waals surface area contributed by atoms with Crippen LogP contribution >= 0.6 is 35.3 Å². The summed E-state index contributed by atoms with van der Waals surface area (Å²) in [5.74, 6) is 11.8. The molecule has 0 aliphatic heterocycles. The van der Waals surface area contributed by atoms with Crippen molar-refractivity contribution in [1.82, 2.24) is 0 Å². The van der Waals surface area contributed by atoms with Gasteiger partial charge in [0.1, 0.15) is 46.0 Å². The third-order valence-electron chi connectivity index (χ3n) is 9.93. The maximum Gasteiger partial charge on any atom is 0.123 e. The molecule has 0 amide bonds. The van der Waals surface area contributed by atoms with E-state index >= 15 is 0 Å². The quantitative estimate of drug-likeness (QED) is 0.0810. The lowest BCUT2D eigenvalue weighted by Gasteiger charge is -2.17. The van der Waals surface area contributed by atoms with E-state index in [-0.39, 0.29) is 0 Å². The summed E-state index contributed by atoms with van der Waals surface area (Å²) in [7, 11) is 13.8. The fraction of sp³-hybridized carbons (Fsp3) is 0.442. The van der Waals surface area contributed by atoms with Crippen molar-refractivity contribution in [2.24, 2.45) is 5.92 Å². The molecule has 4 aromatic rings. The number of aryl methyl sites for hydroxylation is 1. The van der Waals surface area contributed by atoms with Gasteiger partial charge in [-0.2, -0.15) is 35.3 Å². The molecule has 2 atom stereocenters. The van der Waals surface area contributed by atoms with E-state index < -0.39 is 0 Å². The summed E-state index contributed by atoms with van der Waals surface area (Å²) in [6.45, 7) is 2.04. The third-order valence-corrected chi connectivity index (χ3v) is 12.6. The molecule has 1 fully saturated rings. The molecule has 0 radical (unpaired) electrons. The topological polar surface area (TPSA) is 73.8 Å². The first-order chi connectivity index (χ1) is 26.2. The molecule has 0 heterocycles. The van der Waals surface area contributed by atoms with E-state index in [1.807, 2.05) is 6.92 Å². The van der Waals surface area contributed by atoms with Gasteiger partial charge in [-0.05, 0) is 97.5 Å². The van der Waals surface area contributed by atoms with Crippen molar-refractivity contribution in [2.75, 3.05) is 63.1 Å². The average Bonchev–Trinajstić information content (AvgIpc) is 3.97. The summed E-state index contributed by atoms with van der Waals surface area (Å²) in [5, 5.41) is 0. The average molecular weight is 795 g/mol. The molecule has 4 aromatic carbocycles. The molecule has 1 unspecified atom stereocenters. The van der Waals surface area contributed by atoms with Gasteiger partial charge in [-0.15, -0.1) is 0 Å². The highest BCUT2D eigenvalue weighted by Crippen LogP contribution is 2.54. The van der Waals surface area contributed by atoms with Crippen molar-refractivity contribution in [2.45, 2.75) is 54.4 Å². The molecule has 54 heavy (non-hydrogen) atoms. The summed E-state index contributed by atoms with van der Waals surface area (Å²) >= 11 is 5.36. The van der Waals surface area contributed by atoms with Gasteiger partial charge in [0.2, 0.25) is 0 Å². The van der Waals surface area contributed by atoms with Crippen molar-refractivity contribution in [1.29, 1.82) is 0 Å². The van der Waals surface area contributed by atoms with Gasteiger partial charge >= 0.3 is 0 Å². The molecule has 1 aliphatic carbocycles. The Morgan fingerprint density at radius 1 is 0.444 bits per heavy atom. The number of thioether (sulfide) groups is 3. The summed E-state index contributed by atoms with van der Waals surface area (Å²) in [4.78, 5) is 0. The van der Waals surface area contributed by atoms with Gasteiger partial charge in [-0.1, -0.05) is 0 Å². The zero-order chi connectivity index (χ0) is 38.8. The summed E-state index contributed by atoms with van der Waals surface area (Å²) in [5.41, 5.74) is 8.91. The molecular weight excluding hydrogens is 741 g/mol. The second-order valence-corrected chi connectivity index (χ2v) is 16.1. The first kappa shape index (κ1) is 41.5. The van der Waals surface area contributed by atoms with E-state index in [4.69, 9.17) is 37.9 Å². The standard InChI is InChI=1S/C43H54O8S3/c1-26-11-37(45-3)28(14-36(26)44-2)12-27-13-34(27)35-20-42(50-8)33(19-43(35)51-9)25-54-24-32-18-40(48-6)31(17-41(32)49-7)23-53-22-30-16-38(46-4)29(21-52-10)15-39(30)47-5/h11,14-20,27,34H,12-13,21-25H2,1-10H3/t27-,34?/m1/s1. The van der Waals surface area contributed by atoms with Crippen molar-refractivity contribution in [3.63, 3.8) is 0 Å². The molecule has 11 heteroatoms. The highest BCUT2D eigenvalue weighted by atomic mass is 32.2. The van der Waals surface area contributed by atoms with Crippen molar-refractivity contribution >= 4 is 35.3 Å². The van der Waals surface area contributed by atoms with Crippen LogP contribution in [0.5, 0.6) is 46.0 Å². The monoisotopic (exact) mass is 794 g/mol. The summed E-state index contributed by atoms with van der Waals surface area (Å²) in [6, 6.07) is 16.9. The van der Waals surface area contributed by atoms with E-state index in [0.717, 1.165) is 121 Å². The maximum absolute atomic E-state index is 5.96. The van der Waals surface area contributed by atoms with Gasteiger partial charge in [0.15, 0.2) is 0 Å². The molecule has 292 valence electrons. The van der Waals surface area contributed by atoms with Gasteiger partial charge in [0.05, 0.1) is 56.9 Å². The maximum atomic E-state index is 5.96. The molecular formula is C43H54O8S3. The Balaban J connectivity index is 1.24. The molecule has 0 bridgehead atoms. The van der Waals surface area contributed by atoms with Crippen LogP contribution in [0.1, 0.15) is 56.8 Å². The minimum atomic E-state index is 0.386. The van der Waals surface area contributed by atoms with Crippen LogP contribution in [0, 0.1) is 12.8 Å². The van der Waals surface area contributed by atoms with E-state index in [0.29, 0.717) is 11.8 Å². The van der Waals surface area contributed by atoms with Crippen molar-refractivity contribution in [3.8, 4) is 46.0 Å². The third kappa shape index (κ3) is 9.76. The predicted molar refractivity (Wildman–Crippen MR) is 225 cm³/mol. The SMILES string of the molecule is COc1cc(C[C@@H]2CC2c2cc(OC)c(CSCc3cc(OC)c(CSCc4cc(OC)c(CSC)cc4OC)cc3OC)cc2OC)c(OC)cc1C. The number of methoxy groups -OCH3 is 8. The molecule has 1 aliphatic rings. The number of benzene rings is 4. The van der Waals surface area contributed by atoms with Crippen LogP contribution in [0.2, 0.25) is 0 Å². The number of hydrogen-bond donors (Lipinski definition) is 0. The molecule has 8 nitrogen and oxygen atoms in total. The van der Waals surface area contributed by atoms with E-state index in [2.05, 4.69) is 54.8 Å². The Kier molecular flexibility index (Phi) is 15.2. The summed E-state index contributed by atoms with van der Waals surface area (Å²) in [6.07, 6.45) is 4.08. The second kappa shape index (κ2) is 19.8. The zero-order valence-corrected chi connectivity index (χ0v) is 35.7. The fourth-order valence-corrected chi connectivity index (χ4v) is 9.52. The van der Waals surface area contributed by atoms with Crippen LogP contribution in [0.3, 0.4) is 0 Å². The molecule has 0 spiro atoms. The highest BCUT2D eigenvalue weighted by Gasteiger charge is 2.41. The Hall–Kier alpha value is -3.67.